The smallest absolute Gasteiger partial charge is 0.192 e. The molecule has 0 spiro atoms. The molecule has 0 radical (unpaired) electrons. The lowest BCUT2D eigenvalue weighted by molar-refractivity contribution is 0.460. The molecule has 1 atom stereocenters. The standard InChI is InChI=1S/C12H15ClN4O/c1-12(15)2-3-17(6-12)9-5-7(13)4-8-10(9)18-16-11(8)14/h4-5H,2-3,6,15H2,1H3,(H2,14,16). The lowest BCUT2D eigenvalue weighted by Crippen LogP contribution is -2.39. The van der Waals surface area contributed by atoms with Gasteiger partial charge in [-0.05, 0) is 25.5 Å². The van der Waals surface area contributed by atoms with Crippen molar-refractivity contribution in [3.63, 3.8) is 0 Å². The molecule has 1 unspecified atom stereocenters. The van der Waals surface area contributed by atoms with Crippen LogP contribution in [0.4, 0.5) is 11.5 Å². The molecule has 0 bridgehead atoms. The van der Waals surface area contributed by atoms with E-state index in [0.717, 1.165) is 30.6 Å². The zero-order valence-electron chi connectivity index (χ0n) is 10.1. The number of aromatic nitrogens is 1. The Morgan fingerprint density at radius 2 is 2.28 bits per heavy atom. The molecule has 4 N–H and O–H groups in total. The molecule has 1 fully saturated rings. The number of hydrogen-bond acceptors (Lipinski definition) is 5. The van der Waals surface area contributed by atoms with Crippen LogP contribution < -0.4 is 16.4 Å². The van der Waals surface area contributed by atoms with Crippen LogP contribution in [0.5, 0.6) is 0 Å². The van der Waals surface area contributed by atoms with Gasteiger partial charge >= 0.3 is 0 Å². The molecule has 2 aromatic rings. The Kier molecular flexibility index (Phi) is 2.43. The number of fused-ring (bicyclic) bond motifs is 1. The summed E-state index contributed by atoms with van der Waals surface area (Å²) in [6.45, 7) is 3.69. The second-order valence-electron chi connectivity index (χ2n) is 5.19. The molecule has 6 heteroatoms. The summed E-state index contributed by atoms with van der Waals surface area (Å²) in [6, 6.07) is 3.64. The van der Waals surface area contributed by atoms with Gasteiger partial charge in [-0.15, -0.1) is 0 Å². The molecule has 96 valence electrons. The molecule has 1 aromatic carbocycles. The van der Waals surface area contributed by atoms with Crippen LogP contribution in [0, 0.1) is 0 Å². The predicted octanol–water partition coefficient (Wildman–Crippen LogP) is 1.99. The van der Waals surface area contributed by atoms with E-state index in [1.54, 1.807) is 6.07 Å². The maximum atomic E-state index is 6.15. The predicted molar refractivity (Wildman–Crippen MR) is 72.9 cm³/mol. The fourth-order valence-electron chi connectivity index (χ4n) is 2.43. The van der Waals surface area contributed by atoms with E-state index in [1.807, 2.05) is 13.0 Å². The van der Waals surface area contributed by atoms with Gasteiger partial charge in [-0.3, -0.25) is 0 Å². The second kappa shape index (κ2) is 3.76. The van der Waals surface area contributed by atoms with Crippen molar-refractivity contribution in [1.82, 2.24) is 5.16 Å². The summed E-state index contributed by atoms with van der Waals surface area (Å²) >= 11 is 6.12. The Hall–Kier alpha value is -1.46. The SMILES string of the molecule is CC1(N)CCN(c2cc(Cl)cc3c(N)noc23)C1. The van der Waals surface area contributed by atoms with Crippen molar-refractivity contribution in [2.45, 2.75) is 18.9 Å². The first-order chi connectivity index (χ1) is 8.46. The lowest BCUT2D eigenvalue weighted by atomic mass is 10.0. The molecule has 2 heterocycles. The fourth-order valence-corrected chi connectivity index (χ4v) is 2.65. The number of benzene rings is 1. The summed E-state index contributed by atoms with van der Waals surface area (Å²) in [5.74, 6) is 0.364. The highest BCUT2D eigenvalue weighted by Crippen LogP contribution is 2.36. The van der Waals surface area contributed by atoms with Gasteiger partial charge in [0.2, 0.25) is 0 Å². The van der Waals surface area contributed by atoms with Crippen LogP contribution in [0.2, 0.25) is 5.02 Å². The maximum Gasteiger partial charge on any atom is 0.192 e. The molecule has 18 heavy (non-hydrogen) atoms. The van der Waals surface area contributed by atoms with Crippen LogP contribution in [-0.4, -0.2) is 23.8 Å². The van der Waals surface area contributed by atoms with Gasteiger partial charge in [-0.2, -0.15) is 0 Å². The number of halogens is 1. The van der Waals surface area contributed by atoms with Gasteiger partial charge in [-0.25, -0.2) is 0 Å². The van der Waals surface area contributed by atoms with Crippen LogP contribution in [0.15, 0.2) is 16.7 Å². The Labute approximate surface area is 110 Å². The first-order valence-electron chi connectivity index (χ1n) is 5.84. The summed E-state index contributed by atoms with van der Waals surface area (Å²) in [5, 5.41) is 5.17. The average Bonchev–Trinajstić information content (AvgIpc) is 2.82. The maximum absolute atomic E-state index is 6.15. The lowest BCUT2D eigenvalue weighted by Gasteiger charge is -2.21. The van der Waals surface area contributed by atoms with Crippen molar-refractivity contribution in [3.8, 4) is 0 Å². The zero-order chi connectivity index (χ0) is 12.9. The molecular formula is C12H15ClN4O. The summed E-state index contributed by atoms with van der Waals surface area (Å²) in [6.07, 6.45) is 0.935. The van der Waals surface area contributed by atoms with E-state index in [1.165, 1.54) is 0 Å². The topological polar surface area (TPSA) is 81.3 Å². The molecule has 5 nitrogen and oxygen atoms in total. The minimum absolute atomic E-state index is 0.180. The van der Waals surface area contributed by atoms with Crippen LogP contribution in [0.3, 0.4) is 0 Å². The molecule has 1 aliphatic heterocycles. The highest BCUT2D eigenvalue weighted by Gasteiger charge is 2.31. The van der Waals surface area contributed by atoms with Crippen molar-refractivity contribution in [1.29, 1.82) is 0 Å². The van der Waals surface area contributed by atoms with Gasteiger partial charge < -0.3 is 20.9 Å². The molecule has 0 aliphatic carbocycles. The zero-order valence-corrected chi connectivity index (χ0v) is 10.9. The number of anilines is 2. The van der Waals surface area contributed by atoms with E-state index in [4.69, 9.17) is 27.6 Å². The van der Waals surface area contributed by atoms with Crippen molar-refractivity contribution in [2.24, 2.45) is 5.73 Å². The monoisotopic (exact) mass is 266 g/mol. The van der Waals surface area contributed by atoms with Gasteiger partial charge in [0.05, 0.1) is 11.1 Å². The average molecular weight is 267 g/mol. The second-order valence-corrected chi connectivity index (χ2v) is 5.63. The van der Waals surface area contributed by atoms with Gasteiger partial charge in [-0.1, -0.05) is 16.8 Å². The van der Waals surface area contributed by atoms with Gasteiger partial charge in [0, 0.05) is 23.7 Å². The van der Waals surface area contributed by atoms with Crippen molar-refractivity contribution >= 4 is 34.1 Å². The van der Waals surface area contributed by atoms with Crippen LogP contribution in [0.1, 0.15) is 13.3 Å². The van der Waals surface area contributed by atoms with E-state index in [9.17, 15) is 0 Å². The Morgan fingerprint density at radius 1 is 1.50 bits per heavy atom. The number of nitrogen functional groups attached to an aromatic ring is 1. The van der Waals surface area contributed by atoms with Gasteiger partial charge in [0.25, 0.3) is 0 Å². The number of nitrogens with zero attached hydrogens (tertiary/aromatic N) is 2. The third kappa shape index (κ3) is 1.79. The fraction of sp³-hybridized carbons (Fsp3) is 0.417. The first-order valence-corrected chi connectivity index (χ1v) is 6.22. The Bertz CT molecular complexity index is 607. The summed E-state index contributed by atoms with van der Waals surface area (Å²) < 4.78 is 5.30. The third-order valence-electron chi connectivity index (χ3n) is 3.39. The molecule has 1 aromatic heterocycles. The van der Waals surface area contributed by atoms with Crippen molar-refractivity contribution in [2.75, 3.05) is 23.7 Å². The largest absolute Gasteiger partial charge is 0.380 e. The van der Waals surface area contributed by atoms with Crippen LogP contribution >= 0.6 is 11.6 Å². The summed E-state index contributed by atoms with van der Waals surface area (Å²) in [7, 11) is 0. The Morgan fingerprint density at radius 3 is 2.94 bits per heavy atom. The number of nitrogens with two attached hydrogens (primary N) is 2. The number of rotatable bonds is 1. The molecule has 0 amide bonds. The van der Waals surface area contributed by atoms with Gasteiger partial charge in [0.1, 0.15) is 0 Å². The summed E-state index contributed by atoms with van der Waals surface area (Å²) in [4.78, 5) is 2.17. The molecule has 1 aliphatic rings. The van der Waals surface area contributed by atoms with Crippen LogP contribution in [-0.2, 0) is 0 Å². The highest BCUT2D eigenvalue weighted by molar-refractivity contribution is 6.32. The van der Waals surface area contributed by atoms with Gasteiger partial charge in [0.15, 0.2) is 11.4 Å². The van der Waals surface area contributed by atoms with Crippen molar-refractivity contribution < 1.29 is 4.52 Å². The Balaban J connectivity index is 2.12. The summed E-state index contributed by atoms with van der Waals surface area (Å²) in [5.41, 5.74) is 13.3. The van der Waals surface area contributed by atoms with E-state index in [2.05, 4.69) is 10.1 Å². The van der Waals surface area contributed by atoms with E-state index in [-0.39, 0.29) is 5.54 Å². The molecule has 3 rings (SSSR count). The van der Waals surface area contributed by atoms with E-state index < -0.39 is 0 Å². The molecule has 1 saturated heterocycles. The van der Waals surface area contributed by atoms with Crippen LogP contribution in [0.25, 0.3) is 11.0 Å². The quantitative estimate of drug-likeness (QED) is 0.825. The van der Waals surface area contributed by atoms with E-state index >= 15 is 0 Å². The molecular weight excluding hydrogens is 252 g/mol. The minimum Gasteiger partial charge on any atom is -0.380 e. The normalized spacial score (nSPS) is 24.1. The van der Waals surface area contributed by atoms with Crippen molar-refractivity contribution in [3.05, 3.63) is 17.2 Å². The first kappa shape index (κ1) is 11.6. The molecule has 0 saturated carbocycles. The highest BCUT2D eigenvalue weighted by atomic mass is 35.5. The van der Waals surface area contributed by atoms with E-state index in [0.29, 0.717) is 16.4 Å². The number of hydrogen-bond donors (Lipinski definition) is 2. The minimum atomic E-state index is -0.180. The third-order valence-corrected chi connectivity index (χ3v) is 3.61.